The van der Waals surface area contributed by atoms with Crippen molar-refractivity contribution in [2.24, 2.45) is 5.92 Å². The second-order valence-electron chi connectivity index (χ2n) is 7.13. The highest BCUT2D eigenvalue weighted by atomic mass is 19.3. The molecule has 0 N–H and O–H groups in total. The normalized spacial score (nSPS) is 23.8. The summed E-state index contributed by atoms with van der Waals surface area (Å²) in [6.07, 6.45) is -0.977. The first-order chi connectivity index (χ1) is 13.0. The first-order valence-electron chi connectivity index (χ1n) is 9.17. The zero-order valence-electron chi connectivity index (χ0n) is 14.9. The molecule has 2 atom stereocenters. The molecule has 2 bridgehead atoms. The summed E-state index contributed by atoms with van der Waals surface area (Å²) < 4.78 is 42.6. The number of halogens is 3. The third-order valence-corrected chi connectivity index (χ3v) is 5.40. The number of ketones is 1. The molecule has 27 heavy (non-hydrogen) atoms. The summed E-state index contributed by atoms with van der Waals surface area (Å²) in [5.41, 5.74) is 0.901. The van der Waals surface area contributed by atoms with Crippen LogP contribution < -0.4 is 0 Å². The first kappa shape index (κ1) is 19.5. The quantitative estimate of drug-likeness (QED) is 0.697. The van der Waals surface area contributed by atoms with Gasteiger partial charge in [-0.05, 0) is 31.2 Å². The Morgan fingerprint density at radius 2 is 1.63 bits per heavy atom. The van der Waals surface area contributed by atoms with Crippen molar-refractivity contribution in [2.75, 3.05) is 0 Å². The van der Waals surface area contributed by atoms with E-state index in [-0.39, 0.29) is 42.9 Å². The number of piperidine rings is 1. The van der Waals surface area contributed by atoms with Crippen LogP contribution in [0.2, 0.25) is 0 Å². The van der Waals surface area contributed by atoms with E-state index >= 15 is 0 Å². The Morgan fingerprint density at radius 3 is 2.22 bits per heavy atom. The fourth-order valence-electron chi connectivity index (χ4n) is 4.06. The first-order valence-corrected chi connectivity index (χ1v) is 9.17. The SMILES string of the molecule is O=C(CCC(F)=C(F)F)C1CC2CCC(C1)N2C(=O)OCc1ccccc1. The number of allylic oxidation sites excluding steroid dienone is 1. The molecule has 2 unspecified atom stereocenters. The highest BCUT2D eigenvalue weighted by Crippen LogP contribution is 2.40. The van der Waals surface area contributed by atoms with E-state index in [0.29, 0.717) is 12.8 Å². The molecule has 4 nitrogen and oxygen atoms in total. The zero-order chi connectivity index (χ0) is 19.4. The Kier molecular flexibility index (Phi) is 6.19. The fraction of sp³-hybridized carbons (Fsp3) is 0.500. The van der Waals surface area contributed by atoms with Crippen LogP contribution in [0.1, 0.15) is 44.1 Å². The van der Waals surface area contributed by atoms with Crippen LogP contribution >= 0.6 is 0 Å². The number of fused-ring (bicyclic) bond motifs is 2. The predicted molar refractivity (Wildman–Crippen MR) is 92.6 cm³/mol. The van der Waals surface area contributed by atoms with Crippen molar-refractivity contribution in [3.63, 3.8) is 0 Å². The summed E-state index contributed by atoms with van der Waals surface area (Å²) in [5.74, 6) is -2.04. The van der Waals surface area contributed by atoms with Gasteiger partial charge in [0.05, 0.1) is 0 Å². The molecule has 2 saturated heterocycles. The molecule has 146 valence electrons. The number of hydrogen-bond donors (Lipinski definition) is 0. The maximum atomic E-state index is 12.9. The van der Waals surface area contributed by atoms with E-state index < -0.39 is 18.3 Å². The largest absolute Gasteiger partial charge is 0.445 e. The fourth-order valence-corrected chi connectivity index (χ4v) is 4.06. The van der Waals surface area contributed by atoms with Crippen LogP contribution in [-0.4, -0.2) is 28.9 Å². The minimum atomic E-state index is -2.36. The molecular formula is C20H22F3NO3. The molecule has 1 aromatic carbocycles. The molecule has 0 spiro atoms. The van der Waals surface area contributed by atoms with Crippen LogP contribution in [-0.2, 0) is 16.1 Å². The third-order valence-electron chi connectivity index (χ3n) is 5.40. The Morgan fingerprint density at radius 1 is 1.00 bits per heavy atom. The van der Waals surface area contributed by atoms with Gasteiger partial charge in [0.2, 0.25) is 0 Å². The number of nitrogens with zero attached hydrogens (tertiary/aromatic N) is 1. The number of carbonyl (C=O) groups excluding carboxylic acids is 2. The second kappa shape index (κ2) is 8.59. The number of rotatable bonds is 6. The summed E-state index contributed by atoms with van der Waals surface area (Å²) in [6, 6.07) is 9.21. The van der Waals surface area contributed by atoms with Crippen LogP contribution in [0.3, 0.4) is 0 Å². The van der Waals surface area contributed by atoms with Crippen molar-refractivity contribution in [1.82, 2.24) is 4.90 Å². The van der Waals surface area contributed by atoms with Crippen molar-refractivity contribution in [1.29, 1.82) is 0 Å². The topological polar surface area (TPSA) is 46.6 Å². The van der Waals surface area contributed by atoms with Gasteiger partial charge >= 0.3 is 12.2 Å². The van der Waals surface area contributed by atoms with E-state index in [9.17, 15) is 22.8 Å². The van der Waals surface area contributed by atoms with Gasteiger partial charge in [0.25, 0.3) is 0 Å². The zero-order valence-corrected chi connectivity index (χ0v) is 14.9. The molecule has 2 aliphatic rings. The summed E-state index contributed by atoms with van der Waals surface area (Å²) in [6.45, 7) is 0.193. The molecule has 0 saturated carbocycles. The number of hydrogen-bond acceptors (Lipinski definition) is 3. The molecule has 1 amide bonds. The average molecular weight is 381 g/mol. The lowest BCUT2D eigenvalue weighted by Crippen LogP contribution is -2.48. The summed E-state index contributed by atoms with van der Waals surface area (Å²) in [4.78, 5) is 26.5. The van der Waals surface area contributed by atoms with E-state index in [0.717, 1.165) is 18.4 Å². The van der Waals surface area contributed by atoms with E-state index in [1.165, 1.54) is 0 Å². The molecule has 2 aliphatic heterocycles. The predicted octanol–water partition coefficient (Wildman–Crippen LogP) is 4.99. The average Bonchev–Trinajstić information content (AvgIpc) is 2.94. The Hall–Kier alpha value is -2.31. The minimum absolute atomic E-state index is 0.0840. The summed E-state index contributed by atoms with van der Waals surface area (Å²) in [7, 11) is 0. The van der Waals surface area contributed by atoms with Crippen molar-refractivity contribution in [2.45, 2.75) is 57.2 Å². The Labute approximate surface area is 156 Å². The lowest BCUT2D eigenvalue weighted by molar-refractivity contribution is -0.125. The lowest BCUT2D eigenvalue weighted by Gasteiger charge is -2.37. The number of Topliss-reactive ketones (excluding diaryl/α,β-unsaturated/α-hetero) is 1. The molecule has 2 heterocycles. The summed E-state index contributed by atoms with van der Waals surface area (Å²) in [5, 5.41) is 0. The van der Waals surface area contributed by atoms with Gasteiger partial charge in [0.15, 0.2) is 5.83 Å². The highest BCUT2D eigenvalue weighted by molar-refractivity contribution is 5.82. The molecule has 0 aromatic heterocycles. The van der Waals surface area contributed by atoms with Crippen molar-refractivity contribution < 1.29 is 27.5 Å². The third kappa shape index (κ3) is 4.70. The Bertz CT molecular complexity index is 704. The van der Waals surface area contributed by atoms with Crippen LogP contribution in [0.25, 0.3) is 0 Å². The van der Waals surface area contributed by atoms with Gasteiger partial charge in [-0.15, -0.1) is 0 Å². The number of benzene rings is 1. The van der Waals surface area contributed by atoms with Gasteiger partial charge in [-0.25, -0.2) is 9.18 Å². The number of amides is 1. The molecule has 0 radical (unpaired) electrons. The van der Waals surface area contributed by atoms with E-state index in [4.69, 9.17) is 4.74 Å². The van der Waals surface area contributed by atoms with Gasteiger partial charge in [-0.1, -0.05) is 30.3 Å². The van der Waals surface area contributed by atoms with Crippen molar-refractivity contribution >= 4 is 11.9 Å². The van der Waals surface area contributed by atoms with Gasteiger partial charge in [0, 0.05) is 30.8 Å². The number of ether oxygens (including phenoxy) is 1. The van der Waals surface area contributed by atoms with Gasteiger partial charge in [-0.2, -0.15) is 8.78 Å². The minimum Gasteiger partial charge on any atom is -0.445 e. The van der Waals surface area contributed by atoms with Crippen molar-refractivity contribution in [3.05, 3.63) is 47.8 Å². The van der Waals surface area contributed by atoms with Crippen molar-refractivity contribution in [3.8, 4) is 0 Å². The smallest absolute Gasteiger partial charge is 0.410 e. The highest BCUT2D eigenvalue weighted by Gasteiger charge is 2.45. The molecule has 1 aromatic rings. The molecule has 3 rings (SSSR count). The number of carbonyl (C=O) groups is 2. The monoisotopic (exact) mass is 381 g/mol. The van der Waals surface area contributed by atoms with E-state index in [1.807, 2.05) is 30.3 Å². The lowest BCUT2D eigenvalue weighted by atomic mass is 9.86. The second-order valence-corrected chi connectivity index (χ2v) is 7.13. The van der Waals surface area contributed by atoms with Crippen LogP contribution in [0.5, 0.6) is 0 Å². The standard InChI is InChI=1S/C20H22F3NO3/c21-17(19(22)23)8-9-18(25)14-10-15-6-7-16(11-14)24(15)20(26)27-12-13-4-2-1-3-5-13/h1-5,14-16H,6-12H2. The molecule has 2 fully saturated rings. The van der Waals surface area contributed by atoms with Gasteiger partial charge < -0.3 is 9.64 Å². The van der Waals surface area contributed by atoms with Gasteiger partial charge in [0.1, 0.15) is 12.4 Å². The van der Waals surface area contributed by atoms with Crippen LogP contribution in [0, 0.1) is 5.92 Å². The van der Waals surface area contributed by atoms with Crippen LogP contribution in [0.4, 0.5) is 18.0 Å². The maximum absolute atomic E-state index is 12.9. The molecular weight excluding hydrogens is 359 g/mol. The molecule has 0 aliphatic carbocycles. The van der Waals surface area contributed by atoms with E-state index in [1.54, 1.807) is 4.90 Å². The maximum Gasteiger partial charge on any atom is 0.410 e. The summed E-state index contributed by atoms with van der Waals surface area (Å²) >= 11 is 0. The van der Waals surface area contributed by atoms with Crippen LogP contribution in [0.15, 0.2) is 42.2 Å². The Balaban J connectivity index is 1.53. The van der Waals surface area contributed by atoms with E-state index in [2.05, 4.69) is 0 Å². The van der Waals surface area contributed by atoms with Gasteiger partial charge in [-0.3, -0.25) is 4.79 Å². The molecule has 7 heteroatoms.